The van der Waals surface area contributed by atoms with E-state index in [1.807, 2.05) is 0 Å². The van der Waals surface area contributed by atoms with Crippen LogP contribution in [-0.4, -0.2) is 34.9 Å². The van der Waals surface area contributed by atoms with E-state index in [1.54, 1.807) is 0 Å². The van der Waals surface area contributed by atoms with Crippen molar-refractivity contribution >= 4 is 34.9 Å². The average molecular weight is 390 g/mol. The molecule has 0 saturated carbocycles. The summed E-state index contributed by atoms with van der Waals surface area (Å²) in [7, 11) is 0. The van der Waals surface area contributed by atoms with E-state index in [0.717, 1.165) is 0 Å². The fourth-order valence-electron chi connectivity index (χ4n) is 0. The van der Waals surface area contributed by atoms with E-state index in [0.29, 0.717) is 0 Å². The van der Waals surface area contributed by atoms with Gasteiger partial charge in [-0.25, -0.2) is 0 Å². The minimum atomic E-state index is 0. The van der Waals surface area contributed by atoms with Gasteiger partial charge in [0.15, 0.2) is 0 Å². The molecule has 0 atom stereocenters. The first-order valence-corrected chi connectivity index (χ1v) is 0. The Morgan fingerprint density at radius 2 is 1.00 bits per heavy atom. The number of rotatable bonds is 0. The molecule has 39 valence electrons. The molecule has 0 spiro atoms. The Morgan fingerprint density at radius 3 is 1.00 bits per heavy atom. The summed E-state index contributed by atoms with van der Waals surface area (Å²) in [6.07, 6.45) is 0. The molecule has 0 nitrogen and oxygen atoms in total. The Hall–Kier alpha value is 3.17. The summed E-state index contributed by atoms with van der Waals surface area (Å²) in [4.78, 5) is 0. The van der Waals surface area contributed by atoms with E-state index in [1.165, 1.54) is 0 Å². The summed E-state index contributed by atoms with van der Waals surface area (Å²) in [5.74, 6) is 0. The summed E-state index contributed by atoms with van der Waals surface area (Å²) < 4.78 is 0. The quantitative estimate of drug-likeness (QED) is 0.477. The molecule has 0 aromatic carbocycles. The molecule has 0 amide bonds. The van der Waals surface area contributed by atoms with Crippen LogP contribution in [-0.2, 0) is 70.1 Å². The van der Waals surface area contributed by atoms with Gasteiger partial charge in [-0.05, 0) is 0 Å². The average Bonchev–Trinajstić information content (AvgIpc) is 0. The second-order valence-electron chi connectivity index (χ2n) is 0. The van der Waals surface area contributed by atoms with E-state index in [2.05, 4.69) is 0 Å². The van der Waals surface area contributed by atoms with Gasteiger partial charge in [-0.1, -0.05) is 0 Å². The minimum Gasteiger partial charge on any atom is 0 e. The van der Waals surface area contributed by atoms with Crippen molar-refractivity contribution in [3.8, 4) is 0 Å². The molecule has 0 saturated heterocycles. The van der Waals surface area contributed by atoms with Gasteiger partial charge in [0.25, 0.3) is 0 Å². The van der Waals surface area contributed by atoms with Crippen molar-refractivity contribution in [1.82, 2.24) is 0 Å². The third-order valence-corrected chi connectivity index (χ3v) is 0. The fourth-order valence-corrected chi connectivity index (χ4v) is 0. The van der Waals surface area contributed by atoms with E-state index in [9.17, 15) is 0 Å². The molecular formula is CuFeNiSiSnZn. The molecule has 6 heteroatoms. The first-order valence-electron chi connectivity index (χ1n) is 0. The van der Waals surface area contributed by atoms with Crippen LogP contribution in [0.4, 0.5) is 0 Å². The minimum absolute atomic E-state index is 0. The standard InChI is InChI=1S/Cu.Fe.Ni.Si.Sn.Zn. The Labute approximate surface area is 103 Å². The molecule has 0 heterocycles. The molecule has 0 N–H and O–H groups in total. The van der Waals surface area contributed by atoms with Crippen molar-refractivity contribution in [2.24, 2.45) is 0 Å². The molecule has 6 heavy (non-hydrogen) atoms. The van der Waals surface area contributed by atoms with Crippen molar-refractivity contribution in [2.75, 3.05) is 0 Å². The zero-order chi connectivity index (χ0) is 0. The van der Waals surface area contributed by atoms with E-state index < -0.39 is 0 Å². The van der Waals surface area contributed by atoms with E-state index >= 15 is 0 Å². The smallest absolute Gasteiger partial charge is 0 e. The third kappa shape index (κ3) is 27.2. The maximum absolute atomic E-state index is 0. The third-order valence-electron chi connectivity index (χ3n) is 0. The van der Waals surface area contributed by atoms with Crippen LogP contribution in [0.1, 0.15) is 0 Å². The van der Waals surface area contributed by atoms with Gasteiger partial charge in [0, 0.05) is 105 Å². The van der Waals surface area contributed by atoms with Gasteiger partial charge in [0.2, 0.25) is 0 Å². The Morgan fingerprint density at radius 1 is 1.00 bits per heavy atom. The molecule has 0 rings (SSSR count). The molecule has 0 fully saturated rings. The topological polar surface area (TPSA) is 0 Å². The van der Waals surface area contributed by atoms with Crippen LogP contribution in [0.15, 0.2) is 0 Å². The van der Waals surface area contributed by atoms with Crippen LogP contribution in [0, 0.1) is 0 Å². The molecule has 0 aromatic heterocycles. The summed E-state index contributed by atoms with van der Waals surface area (Å²) in [6.45, 7) is 0. The molecule has 9 radical (unpaired) electrons. The normalized spacial score (nSPS) is 0. The van der Waals surface area contributed by atoms with Gasteiger partial charge in [-0.3, -0.25) is 0 Å². The number of hydrogen-bond acceptors (Lipinski definition) is 0. The Kier molecular flexibility index (Phi) is 424. The largest absolute Gasteiger partial charge is 0 e. The zero-order valence-corrected chi connectivity index (χ0v) is 12.5. The summed E-state index contributed by atoms with van der Waals surface area (Å²) in [5, 5.41) is 0. The van der Waals surface area contributed by atoms with Crippen LogP contribution in [0.3, 0.4) is 0 Å². The molecule has 0 aromatic rings. The van der Waals surface area contributed by atoms with Crippen LogP contribution in [0.5, 0.6) is 0 Å². The van der Waals surface area contributed by atoms with E-state index in [4.69, 9.17) is 0 Å². The molecule has 0 aliphatic carbocycles. The molecule has 0 aliphatic heterocycles. The van der Waals surface area contributed by atoms with Crippen molar-refractivity contribution in [1.29, 1.82) is 0 Å². The second-order valence-corrected chi connectivity index (χ2v) is 0. The van der Waals surface area contributed by atoms with Gasteiger partial charge in [0.1, 0.15) is 0 Å². The van der Waals surface area contributed by atoms with Gasteiger partial charge >= 0.3 is 0 Å². The van der Waals surface area contributed by atoms with Gasteiger partial charge in [-0.15, -0.1) is 0 Å². The summed E-state index contributed by atoms with van der Waals surface area (Å²) >= 11 is 0. The fraction of sp³-hybridized carbons (Fsp3) is 0. The first kappa shape index (κ1) is 60.9. The molecule has 0 unspecified atom stereocenters. The number of hydrogen-bond donors (Lipinski definition) is 0. The van der Waals surface area contributed by atoms with Crippen LogP contribution >= 0.6 is 0 Å². The van der Waals surface area contributed by atoms with Crippen LogP contribution in [0.25, 0.3) is 0 Å². The maximum atomic E-state index is 0. The van der Waals surface area contributed by atoms with Gasteiger partial charge < -0.3 is 0 Å². The summed E-state index contributed by atoms with van der Waals surface area (Å²) in [6, 6.07) is 0. The second kappa shape index (κ2) is 41.8. The monoisotopic (exact) mass is 389 g/mol. The predicted octanol–water partition coefficient (Wildman–Crippen LogP) is -0.772. The van der Waals surface area contributed by atoms with E-state index in [-0.39, 0.29) is 105 Å². The predicted molar refractivity (Wildman–Crippen MR) is 11.5 cm³/mol. The van der Waals surface area contributed by atoms with Crippen LogP contribution < -0.4 is 0 Å². The Bertz CT molecular complexity index is 15.5. The van der Waals surface area contributed by atoms with Crippen LogP contribution in [0.2, 0.25) is 0 Å². The molecule has 0 bridgehead atoms. The van der Waals surface area contributed by atoms with Gasteiger partial charge in [0.05, 0.1) is 0 Å². The molecule has 0 aliphatic rings. The first-order chi connectivity index (χ1) is 0. The zero-order valence-electron chi connectivity index (χ0n) is 2.68. The molecular weight excluding hydrogens is 390 g/mol. The van der Waals surface area contributed by atoms with Gasteiger partial charge in [-0.2, -0.15) is 0 Å². The van der Waals surface area contributed by atoms with Crippen molar-refractivity contribution < 1.29 is 70.1 Å². The van der Waals surface area contributed by atoms with Crippen molar-refractivity contribution in [3.63, 3.8) is 0 Å². The Balaban J connectivity index is 0. The van der Waals surface area contributed by atoms with Crippen molar-refractivity contribution in [2.45, 2.75) is 0 Å². The maximum Gasteiger partial charge on any atom is 0 e. The SMILES string of the molecule is [Cu].[Fe].[Ni].[Si].[Sn].[Zn]. The van der Waals surface area contributed by atoms with Crippen molar-refractivity contribution in [3.05, 3.63) is 0 Å². The summed E-state index contributed by atoms with van der Waals surface area (Å²) in [5.41, 5.74) is 0.